The Morgan fingerprint density at radius 2 is 0.640 bits per heavy atom. The average molecular weight is 1100 g/mol. The lowest BCUT2D eigenvalue weighted by molar-refractivity contribution is 0.483. The van der Waals surface area contributed by atoms with Crippen LogP contribution in [0.3, 0.4) is 0 Å². The summed E-state index contributed by atoms with van der Waals surface area (Å²) in [4.78, 5) is 7.79. The van der Waals surface area contributed by atoms with Gasteiger partial charge in [0.25, 0.3) is 13.4 Å². The quantitative estimate of drug-likeness (QED) is 0.130. The van der Waals surface area contributed by atoms with Gasteiger partial charge in [-0.1, -0.05) is 211 Å². The van der Waals surface area contributed by atoms with Crippen molar-refractivity contribution in [1.82, 2.24) is 0 Å². The highest BCUT2D eigenvalue weighted by Gasteiger charge is 2.48. The number of rotatable bonds is 3. The molecule has 4 aliphatic rings. The van der Waals surface area contributed by atoms with Gasteiger partial charge in [0.05, 0.1) is 0 Å². The van der Waals surface area contributed by atoms with Crippen LogP contribution in [0.1, 0.15) is 52.7 Å². The maximum absolute atomic E-state index is 7.21. The van der Waals surface area contributed by atoms with E-state index in [0.29, 0.717) is 0 Å². The lowest BCUT2D eigenvalue weighted by Gasteiger charge is -2.47. The van der Waals surface area contributed by atoms with E-state index in [4.69, 9.17) is 4.74 Å². The standard InChI is InChI=1S/C80H59B2N3O/c1-79(2,3)48-40-72-77-73(41-48)84(51-36-38-61-57-28-12-10-24-53(57)55-26-14-16-30-59(55)63(61)44-51)69-34-20-18-32-65(69)81(77)67-46-68-71(47-70(67)83(72)50-22-8-7-9-23-50)85(52-37-39-62-58-29-13-11-25-54(58)56-27-15-17-31-60(56)64(62)45-52)74-42-49(80(4,5)6)43-76-78(74)82(68)66-33-19-21-35-75(66)86-76/h7-47H,1-6H3. The normalized spacial score (nSPS) is 13.9. The summed E-state index contributed by atoms with van der Waals surface area (Å²) in [6.45, 7) is 13.8. The Balaban J connectivity index is 0.948. The molecule has 0 atom stereocenters. The SMILES string of the molecule is CC(C)(C)c1cc2c3c(c1)N(c1ccc4c5ccccc5c5ccccc5c4c1)c1cc4c(cc1B3c1ccccc1O2)B1c2ccccc2N(c2ccc3c5ccccc5c5ccccc5c3c2)c2cc(C(C)(C)C)cc(c21)N4c1ccccc1. The van der Waals surface area contributed by atoms with E-state index in [0.717, 1.165) is 39.9 Å². The van der Waals surface area contributed by atoms with E-state index in [2.05, 4.69) is 305 Å². The third-order valence-corrected chi connectivity index (χ3v) is 19.5. The van der Waals surface area contributed by atoms with Gasteiger partial charge < -0.3 is 19.4 Å². The molecule has 4 heterocycles. The van der Waals surface area contributed by atoms with E-state index in [-0.39, 0.29) is 24.3 Å². The van der Waals surface area contributed by atoms with Gasteiger partial charge in [0.2, 0.25) is 0 Å². The summed E-state index contributed by atoms with van der Waals surface area (Å²) in [5.41, 5.74) is 20.1. The zero-order chi connectivity index (χ0) is 57.5. The van der Waals surface area contributed by atoms with Gasteiger partial charge in [-0.3, -0.25) is 0 Å². The molecule has 406 valence electrons. The first kappa shape index (κ1) is 49.4. The van der Waals surface area contributed by atoms with Crippen molar-refractivity contribution in [2.24, 2.45) is 0 Å². The van der Waals surface area contributed by atoms with Crippen molar-refractivity contribution in [3.8, 4) is 11.5 Å². The van der Waals surface area contributed by atoms with E-state index in [1.165, 1.54) is 131 Å². The molecule has 14 aromatic rings. The summed E-state index contributed by atoms with van der Waals surface area (Å²) < 4.78 is 7.21. The molecule has 86 heavy (non-hydrogen) atoms. The van der Waals surface area contributed by atoms with Crippen LogP contribution in [0.25, 0.3) is 64.6 Å². The summed E-state index contributed by atoms with van der Waals surface area (Å²) in [7, 11) is 0. The monoisotopic (exact) mass is 1100 g/mol. The van der Waals surface area contributed by atoms with Crippen molar-refractivity contribution >= 4 is 162 Å². The molecule has 0 unspecified atom stereocenters. The Morgan fingerprint density at radius 1 is 0.256 bits per heavy atom. The second kappa shape index (κ2) is 17.8. The van der Waals surface area contributed by atoms with Crippen LogP contribution in [0.4, 0.5) is 51.2 Å². The zero-order valence-electron chi connectivity index (χ0n) is 49.1. The van der Waals surface area contributed by atoms with Crippen LogP contribution in [0, 0.1) is 0 Å². The second-order valence-corrected chi connectivity index (χ2v) is 26.4. The molecule has 0 aromatic heterocycles. The molecule has 0 spiro atoms. The number of benzene rings is 14. The molecule has 0 aliphatic carbocycles. The van der Waals surface area contributed by atoms with Gasteiger partial charge in [0.15, 0.2) is 0 Å². The first-order chi connectivity index (χ1) is 41.9. The largest absolute Gasteiger partial charge is 0.458 e. The van der Waals surface area contributed by atoms with Crippen molar-refractivity contribution in [1.29, 1.82) is 0 Å². The second-order valence-electron chi connectivity index (χ2n) is 26.4. The van der Waals surface area contributed by atoms with E-state index in [9.17, 15) is 0 Å². The highest BCUT2D eigenvalue weighted by molar-refractivity contribution is 7.02. The topological polar surface area (TPSA) is 19.0 Å². The maximum atomic E-state index is 7.21. The van der Waals surface area contributed by atoms with E-state index in [1.54, 1.807) is 0 Å². The lowest BCUT2D eigenvalue weighted by Crippen LogP contribution is -2.64. The third kappa shape index (κ3) is 6.96. The number of ether oxygens (including phenoxy) is 1. The highest BCUT2D eigenvalue weighted by atomic mass is 16.5. The van der Waals surface area contributed by atoms with Crippen molar-refractivity contribution in [2.75, 3.05) is 14.7 Å². The maximum Gasteiger partial charge on any atom is 0.256 e. The minimum Gasteiger partial charge on any atom is -0.458 e. The van der Waals surface area contributed by atoms with Crippen LogP contribution in [-0.2, 0) is 10.8 Å². The van der Waals surface area contributed by atoms with Crippen molar-refractivity contribution in [3.63, 3.8) is 0 Å². The third-order valence-electron chi connectivity index (χ3n) is 19.5. The van der Waals surface area contributed by atoms with Crippen LogP contribution in [0.15, 0.2) is 249 Å². The molecule has 18 rings (SSSR count). The van der Waals surface area contributed by atoms with Crippen LogP contribution in [0.5, 0.6) is 11.5 Å². The Labute approximate surface area is 502 Å². The number of hydrogen-bond acceptors (Lipinski definition) is 4. The van der Waals surface area contributed by atoms with Crippen LogP contribution in [-0.4, -0.2) is 13.4 Å². The molecule has 4 nitrogen and oxygen atoms in total. The minimum atomic E-state index is -0.189. The number of nitrogens with zero attached hydrogens (tertiary/aromatic N) is 3. The summed E-state index contributed by atoms with van der Waals surface area (Å²) in [5, 5.41) is 15.1. The average Bonchev–Trinajstić information content (AvgIpc) is 0.707. The molecule has 0 saturated heterocycles. The Hall–Kier alpha value is -10.0. The van der Waals surface area contributed by atoms with Crippen LogP contribution < -0.4 is 52.2 Å². The number of para-hydroxylation sites is 3. The van der Waals surface area contributed by atoms with Crippen molar-refractivity contribution in [3.05, 3.63) is 260 Å². The molecule has 0 saturated carbocycles. The van der Waals surface area contributed by atoms with Gasteiger partial charge in [-0.2, -0.15) is 0 Å². The Kier molecular flexibility index (Phi) is 10.2. The lowest BCUT2D eigenvalue weighted by atomic mass is 9.30. The molecule has 0 fully saturated rings. The Morgan fingerprint density at radius 3 is 1.15 bits per heavy atom. The fourth-order valence-corrected chi connectivity index (χ4v) is 15.5. The fourth-order valence-electron chi connectivity index (χ4n) is 15.5. The molecule has 0 radical (unpaired) electrons. The van der Waals surface area contributed by atoms with Gasteiger partial charge in [0, 0.05) is 51.2 Å². The molecule has 4 aliphatic heterocycles. The summed E-state index contributed by atoms with van der Waals surface area (Å²) in [6.07, 6.45) is 0. The summed E-state index contributed by atoms with van der Waals surface area (Å²) >= 11 is 0. The number of hydrogen-bond donors (Lipinski definition) is 0. The van der Waals surface area contributed by atoms with Crippen LogP contribution >= 0.6 is 0 Å². The van der Waals surface area contributed by atoms with Crippen molar-refractivity contribution < 1.29 is 4.74 Å². The Bertz CT molecular complexity index is 5220. The molecule has 0 amide bonds. The first-order valence-electron chi connectivity index (χ1n) is 30.5. The van der Waals surface area contributed by atoms with Gasteiger partial charge >= 0.3 is 0 Å². The summed E-state index contributed by atoms with van der Waals surface area (Å²) in [5.74, 6) is 1.83. The van der Waals surface area contributed by atoms with Gasteiger partial charge in [-0.15, -0.1) is 0 Å². The summed E-state index contributed by atoms with van der Waals surface area (Å²) in [6, 6.07) is 94.4. The zero-order valence-corrected chi connectivity index (χ0v) is 49.1. The number of anilines is 9. The molecule has 6 heteroatoms. The molecular formula is C80H59B2N3O. The van der Waals surface area contributed by atoms with E-state index in [1.807, 2.05) is 0 Å². The smallest absolute Gasteiger partial charge is 0.256 e. The highest BCUT2D eigenvalue weighted by Crippen LogP contribution is 2.51. The van der Waals surface area contributed by atoms with Crippen molar-refractivity contribution in [2.45, 2.75) is 52.4 Å². The van der Waals surface area contributed by atoms with Gasteiger partial charge in [0.1, 0.15) is 11.5 Å². The minimum absolute atomic E-state index is 0.111. The number of fused-ring (bicyclic) bond motifs is 20. The molecular weight excluding hydrogens is 1040 g/mol. The van der Waals surface area contributed by atoms with Crippen LogP contribution in [0.2, 0.25) is 0 Å². The predicted molar refractivity (Wildman–Crippen MR) is 369 cm³/mol. The van der Waals surface area contributed by atoms with Gasteiger partial charge in [-0.25, -0.2) is 0 Å². The fraction of sp³-hybridized carbons (Fsp3) is 0.100. The van der Waals surface area contributed by atoms with Gasteiger partial charge in [-0.05, 0) is 198 Å². The molecule has 0 bridgehead atoms. The predicted octanol–water partition coefficient (Wildman–Crippen LogP) is 17.7. The first-order valence-corrected chi connectivity index (χ1v) is 30.5. The molecule has 14 aromatic carbocycles. The van der Waals surface area contributed by atoms with E-state index < -0.39 is 0 Å². The van der Waals surface area contributed by atoms with E-state index >= 15 is 0 Å². The molecule has 0 N–H and O–H groups in total.